The lowest BCUT2D eigenvalue weighted by Gasteiger charge is -2.26. The minimum atomic E-state index is -0.403. The maximum atomic E-state index is 12.6. The highest BCUT2D eigenvalue weighted by molar-refractivity contribution is 7.16. The number of anilines is 1. The van der Waals surface area contributed by atoms with Crippen LogP contribution in [-0.2, 0) is 29.1 Å². The van der Waals surface area contributed by atoms with Crippen molar-refractivity contribution in [1.82, 2.24) is 14.9 Å². The third kappa shape index (κ3) is 5.35. The third-order valence-electron chi connectivity index (χ3n) is 5.54. The first-order valence-electron chi connectivity index (χ1n) is 10.6. The monoisotopic (exact) mass is 461 g/mol. The molecule has 8 nitrogen and oxygen atoms in total. The molecule has 0 aromatic carbocycles. The Morgan fingerprint density at radius 2 is 2.09 bits per heavy atom. The molecule has 1 aliphatic heterocycles. The van der Waals surface area contributed by atoms with Gasteiger partial charge in [-0.2, -0.15) is 5.26 Å². The molecular formula is C24H23N5O3S. The van der Waals surface area contributed by atoms with Crippen molar-refractivity contribution in [3.05, 3.63) is 76.2 Å². The van der Waals surface area contributed by atoms with Crippen LogP contribution in [0.5, 0.6) is 0 Å². The van der Waals surface area contributed by atoms with Crippen molar-refractivity contribution in [3.63, 3.8) is 0 Å². The summed E-state index contributed by atoms with van der Waals surface area (Å²) in [6.07, 6.45) is 7.18. The number of thiophene rings is 1. The number of ether oxygens (including phenoxy) is 1. The lowest BCUT2D eigenvalue weighted by atomic mass is 9.99. The van der Waals surface area contributed by atoms with Crippen molar-refractivity contribution < 1.29 is 14.3 Å². The van der Waals surface area contributed by atoms with Crippen LogP contribution < -0.4 is 5.32 Å². The number of amides is 2. The molecule has 0 saturated carbocycles. The Morgan fingerprint density at radius 1 is 1.27 bits per heavy atom. The molecule has 1 N–H and O–H groups in total. The van der Waals surface area contributed by atoms with E-state index in [1.54, 1.807) is 41.8 Å². The molecule has 0 radical (unpaired) electrons. The highest BCUT2D eigenvalue weighted by Crippen LogP contribution is 2.37. The molecule has 1 unspecified atom stereocenters. The number of aromatic nitrogens is 2. The van der Waals surface area contributed by atoms with Crippen LogP contribution in [0.25, 0.3) is 0 Å². The Balaban J connectivity index is 1.39. The average molecular weight is 462 g/mol. The first kappa shape index (κ1) is 22.4. The zero-order valence-corrected chi connectivity index (χ0v) is 19.0. The van der Waals surface area contributed by atoms with Crippen LogP contribution in [0, 0.1) is 11.3 Å². The fraction of sp³-hybridized carbons (Fsp3) is 0.292. The summed E-state index contributed by atoms with van der Waals surface area (Å²) in [5.74, 6) is -0.153. The molecule has 0 spiro atoms. The number of nitriles is 1. The lowest BCUT2D eigenvalue weighted by molar-refractivity contribution is -0.116. The van der Waals surface area contributed by atoms with Gasteiger partial charge in [-0.3, -0.25) is 14.8 Å². The molecule has 1 aliphatic rings. The van der Waals surface area contributed by atoms with Gasteiger partial charge in [-0.05, 0) is 47.2 Å². The molecule has 168 valence electrons. The zero-order valence-electron chi connectivity index (χ0n) is 18.2. The normalized spacial score (nSPS) is 13.5. The highest BCUT2D eigenvalue weighted by atomic mass is 32.1. The van der Waals surface area contributed by atoms with E-state index in [0.29, 0.717) is 30.1 Å². The quantitative estimate of drug-likeness (QED) is 0.588. The van der Waals surface area contributed by atoms with Gasteiger partial charge in [-0.1, -0.05) is 13.0 Å². The van der Waals surface area contributed by atoms with E-state index in [4.69, 9.17) is 4.74 Å². The Bertz CT molecular complexity index is 1170. The van der Waals surface area contributed by atoms with Crippen LogP contribution in [0.2, 0.25) is 0 Å². The van der Waals surface area contributed by atoms with E-state index in [-0.39, 0.29) is 24.9 Å². The van der Waals surface area contributed by atoms with E-state index >= 15 is 0 Å². The smallest absolute Gasteiger partial charge is 0.410 e. The summed E-state index contributed by atoms with van der Waals surface area (Å²) in [6.45, 7) is 2.95. The molecule has 3 aromatic rings. The molecule has 0 bridgehead atoms. The van der Waals surface area contributed by atoms with Gasteiger partial charge >= 0.3 is 6.09 Å². The summed E-state index contributed by atoms with van der Waals surface area (Å²) >= 11 is 1.35. The Kier molecular flexibility index (Phi) is 6.95. The average Bonchev–Trinajstić information content (AvgIpc) is 3.19. The van der Waals surface area contributed by atoms with E-state index in [9.17, 15) is 14.9 Å². The second kappa shape index (κ2) is 10.2. The maximum Gasteiger partial charge on any atom is 0.410 e. The first-order chi connectivity index (χ1) is 16.0. The van der Waals surface area contributed by atoms with Crippen LogP contribution >= 0.6 is 11.3 Å². The van der Waals surface area contributed by atoms with E-state index in [2.05, 4.69) is 21.4 Å². The summed E-state index contributed by atoms with van der Waals surface area (Å²) < 4.78 is 5.42. The molecule has 33 heavy (non-hydrogen) atoms. The summed E-state index contributed by atoms with van der Waals surface area (Å²) in [4.78, 5) is 35.7. The number of pyridine rings is 2. The highest BCUT2D eigenvalue weighted by Gasteiger charge is 2.28. The summed E-state index contributed by atoms with van der Waals surface area (Å²) in [7, 11) is 0. The molecular weight excluding hydrogens is 438 g/mol. The van der Waals surface area contributed by atoms with E-state index in [1.165, 1.54) is 11.3 Å². The van der Waals surface area contributed by atoms with Gasteiger partial charge in [0.25, 0.3) is 0 Å². The number of rotatable bonds is 6. The first-order valence-corrected chi connectivity index (χ1v) is 11.4. The molecule has 0 saturated heterocycles. The van der Waals surface area contributed by atoms with Gasteiger partial charge in [0, 0.05) is 42.6 Å². The van der Waals surface area contributed by atoms with Crippen LogP contribution in [0.4, 0.5) is 9.80 Å². The molecule has 9 heteroatoms. The number of carbonyl (C=O) groups excluding carboxylic acids is 2. The Hall–Kier alpha value is -3.77. The number of hydrogen-bond acceptors (Lipinski definition) is 7. The van der Waals surface area contributed by atoms with Crippen molar-refractivity contribution >= 4 is 28.3 Å². The third-order valence-corrected chi connectivity index (χ3v) is 6.67. The number of nitrogens with zero attached hydrogens (tertiary/aromatic N) is 4. The van der Waals surface area contributed by atoms with Gasteiger partial charge in [0.05, 0.1) is 12.1 Å². The maximum absolute atomic E-state index is 12.6. The van der Waals surface area contributed by atoms with Crippen molar-refractivity contribution in [3.8, 4) is 6.07 Å². The lowest BCUT2D eigenvalue weighted by Crippen LogP contribution is -2.35. The molecule has 4 rings (SSSR count). The van der Waals surface area contributed by atoms with Gasteiger partial charge in [-0.25, -0.2) is 4.79 Å². The Labute approximate surface area is 195 Å². The number of nitrogens with one attached hydrogen (secondary N) is 1. The predicted molar refractivity (Wildman–Crippen MR) is 123 cm³/mol. The molecule has 2 amide bonds. The molecule has 0 fully saturated rings. The standard InChI is InChI=1S/C24H23N5O3S/c1-16(18-3-2-7-27-13-18)11-22(30)28-23-20(12-25)19-6-10-29(14-21(19)33-23)24(31)32-15-17-4-8-26-9-5-17/h2-5,7-9,13,16H,6,10-11,14-15H2,1H3,(H,28,30). The van der Waals surface area contributed by atoms with Gasteiger partial charge in [-0.15, -0.1) is 11.3 Å². The van der Waals surface area contributed by atoms with E-state index in [1.807, 2.05) is 19.1 Å². The predicted octanol–water partition coefficient (Wildman–Crippen LogP) is 4.24. The van der Waals surface area contributed by atoms with Gasteiger partial charge < -0.3 is 15.0 Å². The SMILES string of the molecule is CC(CC(=O)Nc1sc2c(c1C#N)CCN(C(=O)OCc1ccncc1)C2)c1cccnc1. The van der Waals surface area contributed by atoms with Crippen molar-refractivity contribution in [2.75, 3.05) is 11.9 Å². The number of fused-ring (bicyclic) bond motifs is 1. The Morgan fingerprint density at radius 3 is 2.82 bits per heavy atom. The molecule has 4 heterocycles. The number of carbonyl (C=O) groups is 2. The molecule has 3 aromatic heterocycles. The van der Waals surface area contributed by atoms with Gasteiger partial charge in [0.2, 0.25) is 5.91 Å². The van der Waals surface area contributed by atoms with E-state index < -0.39 is 6.09 Å². The summed E-state index contributed by atoms with van der Waals surface area (Å²) in [5, 5.41) is 13.2. The minimum absolute atomic E-state index is 0.00415. The second-order valence-corrected chi connectivity index (χ2v) is 8.95. The van der Waals surface area contributed by atoms with Crippen molar-refractivity contribution in [2.45, 2.75) is 38.8 Å². The van der Waals surface area contributed by atoms with Gasteiger partial charge in [0.15, 0.2) is 0 Å². The largest absolute Gasteiger partial charge is 0.445 e. The fourth-order valence-corrected chi connectivity index (χ4v) is 4.95. The van der Waals surface area contributed by atoms with Crippen LogP contribution in [0.3, 0.4) is 0 Å². The topological polar surface area (TPSA) is 108 Å². The van der Waals surface area contributed by atoms with Gasteiger partial charge in [0.1, 0.15) is 17.7 Å². The van der Waals surface area contributed by atoms with Crippen molar-refractivity contribution in [2.24, 2.45) is 0 Å². The summed E-state index contributed by atoms with van der Waals surface area (Å²) in [5.41, 5.74) is 3.24. The summed E-state index contributed by atoms with van der Waals surface area (Å²) in [6, 6.07) is 9.61. The van der Waals surface area contributed by atoms with Crippen LogP contribution in [0.15, 0.2) is 49.1 Å². The zero-order chi connectivity index (χ0) is 23.2. The number of hydrogen-bond donors (Lipinski definition) is 1. The second-order valence-electron chi connectivity index (χ2n) is 7.84. The molecule has 0 aliphatic carbocycles. The van der Waals surface area contributed by atoms with Crippen LogP contribution in [-0.4, -0.2) is 33.4 Å². The van der Waals surface area contributed by atoms with Crippen molar-refractivity contribution in [1.29, 1.82) is 5.26 Å². The minimum Gasteiger partial charge on any atom is -0.445 e. The fourth-order valence-electron chi connectivity index (χ4n) is 3.72. The molecule has 1 atom stereocenters. The van der Waals surface area contributed by atoms with Crippen LogP contribution in [0.1, 0.15) is 46.4 Å². The van der Waals surface area contributed by atoms with E-state index in [0.717, 1.165) is 21.6 Å².